The Balaban J connectivity index is 1.78. The summed E-state index contributed by atoms with van der Waals surface area (Å²) in [5, 5.41) is 6.15. The van der Waals surface area contributed by atoms with Crippen LogP contribution in [-0.2, 0) is 6.42 Å². The monoisotopic (exact) mass is 358 g/mol. The van der Waals surface area contributed by atoms with Crippen LogP contribution in [-0.4, -0.2) is 23.3 Å². The van der Waals surface area contributed by atoms with E-state index in [-0.39, 0.29) is 5.91 Å². The number of hydrogen-bond donors (Lipinski definition) is 3. The molecule has 3 aromatic rings. The lowest BCUT2D eigenvalue weighted by Gasteiger charge is -2.21. The molecule has 0 radical (unpaired) electrons. The number of pyridine rings is 1. The molecule has 4 N–H and O–H groups in total. The average molecular weight is 358 g/mol. The molecule has 1 aliphatic heterocycles. The van der Waals surface area contributed by atoms with Crippen molar-refractivity contribution in [3.63, 3.8) is 0 Å². The molecule has 6 heteroatoms. The number of benzene rings is 2. The van der Waals surface area contributed by atoms with Crippen molar-refractivity contribution < 1.29 is 9.59 Å². The van der Waals surface area contributed by atoms with Gasteiger partial charge in [-0.3, -0.25) is 14.6 Å². The van der Waals surface area contributed by atoms with Gasteiger partial charge in [0.2, 0.25) is 5.91 Å². The summed E-state index contributed by atoms with van der Waals surface area (Å²) in [6.45, 7) is 0.573. The van der Waals surface area contributed by atoms with Crippen molar-refractivity contribution in [2.75, 3.05) is 11.9 Å². The van der Waals surface area contributed by atoms with Crippen LogP contribution < -0.4 is 16.4 Å². The molecule has 2 heterocycles. The van der Waals surface area contributed by atoms with Gasteiger partial charge in [-0.25, -0.2) is 0 Å². The van der Waals surface area contributed by atoms with Crippen molar-refractivity contribution in [3.8, 4) is 11.3 Å². The molecular weight excluding hydrogens is 340 g/mol. The zero-order valence-corrected chi connectivity index (χ0v) is 14.5. The number of aromatic nitrogens is 1. The number of carbonyl (C=O) groups excluding carboxylic acids is 2. The van der Waals surface area contributed by atoms with E-state index in [9.17, 15) is 9.59 Å². The van der Waals surface area contributed by atoms with Crippen LogP contribution in [0.1, 0.15) is 26.4 Å². The lowest BCUT2D eigenvalue weighted by atomic mass is 10.0. The normalized spacial score (nSPS) is 12.8. The zero-order chi connectivity index (χ0) is 18.8. The second kappa shape index (κ2) is 6.92. The molecule has 0 bridgehead atoms. The van der Waals surface area contributed by atoms with E-state index in [0.717, 1.165) is 22.6 Å². The number of amides is 2. The maximum absolute atomic E-state index is 12.4. The topological polar surface area (TPSA) is 97.1 Å². The third-order valence-corrected chi connectivity index (χ3v) is 4.49. The van der Waals surface area contributed by atoms with Gasteiger partial charge in [0.25, 0.3) is 5.91 Å². The molecule has 2 aromatic carbocycles. The van der Waals surface area contributed by atoms with Crippen molar-refractivity contribution in [1.82, 2.24) is 10.3 Å². The van der Waals surface area contributed by atoms with E-state index >= 15 is 0 Å². The predicted octanol–water partition coefficient (Wildman–Crippen LogP) is 2.88. The summed E-state index contributed by atoms with van der Waals surface area (Å²) < 4.78 is 0. The number of carbonyl (C=O) groups is 2. The minimum absolute atomic E-state index is 0.139. The van der Waals surface area contributed by atoms with Gasteiger partial charge in [-0.15, -0.1) is 0 Å². The SMILES string of the molecule is NC(=O)c1ccc(Nc2cc(-c3ccccc3)nc3c2C(=O)NCC3)cc1. The smallest absolute Gasteiger partial charge is 0.255 e. The highest BCUT2D eigenvalue weighted by atomic mass is 16.2. The molecule has 1 aliphatic rings. The van der Waals surface area contributed by atoms with Crippen LogP contribution in [0.4, 0.5) is 11.4 Å². The molecule has 0 atom stereocenters. The minimum atomic E-state index is -0.478. The second-order valence-corrected chi connectivity index (χ2v) is 6.32. The predicted molar refractivity (Wildman–Crippen MR) is 104 cm³/mol. The number of anilines is 2. The molecule has 0 saturated carbocycles. The summed E-state index contributed by atoms with van der Waals surface area (Å²) in [5.41, 5.74) is 10.3. The second-order valence-electron chi connectivity index (χ2n) is 6.32. The Labute approximate surface area is 156 Å². The molecular formula is C21H18N4O2. The first-order valence-corrected chi connectivity index (χ1v) is 8.66. The number of rotatable bonds is 4. The Bertz CT molecular complexity index is 1010. The maximum atomic E-state index is 12.4. The summed E-state index contributed by atoms with van der Waals surface area (Å²) in [6.07, 6.45) is 0.678. The fourth-order valence-corrected chi connectivity index (χ4v) is 3.14. The Morgan fingerprint density at radius 1 is 1.07 bits per heavy atom. The van der Waals surface area contributed by atoms with Gasteiger partial charge in [0.15, 0.2) is 0 Å². The summed E-state index contributed by atoms with van der Waals surface area (Å²) in [7, 11) is 0. The van der Waals surface area contributed by atoms with Crippen LogP contribution in [0.5, 0.6) is 0 Å². The van der Waals surface area contributed by atoms with Gasteiger partial charge in [-0.1, -0.05) is 30.3 Å². The fourth-order valence-electron chi connectivity index (χ4n) is 3.14. The lowest BCUT2D eigenvalue weighted by molar-refractivity contribution is 0.0945. The van der Waals surface area contributed by atoms with Gasteiger partial charge < -0.3 is 16.4 Å². The third-order valence-electron chi connectivity index (χ3n) is 4.49. The molecule has 0 saturated heterocycles. The number of primary amides is 1. The number of nitrogens with one attached hydrogen (secondary N) is 2. The molecule has 0 unspecified atom stereocenters. The number of hydrogen-bond acceptors (Lipinski definition) is 4. The van der Waals surface area contributed by atoms with Crippen molar-refractivity contribution >= 4 is 23.2 Å². The Morgan fingerprint density at radius 3 is 2.52 bits per heavy atom. The van der Waals surface area contributed by atoms with E-state index < -0.39 is 5.91 Å². The first-order chi connectivity index (χ1) is 13.1. The van der Waals surface area contributed by atoms with Crippen molar-refractivity contribution in [3.05, 3.63) is 77.5 Å². The van der Waals surface area contributed by atoms with E-state index in [1.165, 1.54) is 0 Å². The summed E-state index contributed by atoms with van der Waals surface area (Å²) >= 11 is 0. The number of fused-ring (bicyclic) bond motifs is 1. The van der Waals surface area contributed by atoms with Gasteiger partial charge in [0.05, 0.1) is 22.6 Å². The molecule has 0 fully saturated rings. The van der Waals surface area contributed by atoms with E-state index in [1.807, 2.05) is 36.4 Å². The van der Waals surface area contributed by atoms with Crippen LogP contribution in [0.15, 0.2) is 60.7 Å². The standard InChI is InChI=1S/C21H18N4O2/c22-20(26)14-6-8-15(9-7-14)24-18-12-17(13-4-2-1-3-5-13)25-16-10-11-23-21(27)19(16)18/h1-9,12H,10-11H2,(H2,22,26)(H,23,27)(H,24,25). The van der Waals surface area contributed by atoms with E-state index in [2.05, 4.69) is 10.6 Å². The first kappa shape index (κ1) is 16.8. The first-order valence-electron chi connectivity index (χ1n) is 8.66. The summed E-state index contributed by atoms with van der Waals surface area (Å²) in [6, 6.07) is 18.5. The van der Waals surface area contributed by atoms with Crippen LogP contribution in [0, 0.1) is 0 Å². The largest absolute Gasteiger partial charge is 0.366 e. The van der Waals surface area contributed by atoms with Crippen molar-refractivity contribution in [1.29, 1.82) is 0 Å². The molecule has 2 amide bonds. The van der Waals surface area contributed by atoms with Crippen LogP contribution in [0.2, 0.25) is 0 Å². The van der Waals surface area contributed by atoms with Gasteiger partial charge in [-0.2, -0.15) is 0 Å². The van der Waals surface area contributed by atoms with Crippen molar-refractivity contribution in [2.24, 2.45) is 5.73 Å². The third kappa shape index (κ3) is 3.37. The molecule has 27 heavy (non-hydrogen) atoms. The van der Waals surface area contributed by atoms with Crippen molar-refractivity contribution in [2.45, 2.75) is 6.42 Å². The minimum Gasteiger partial charge on any atom is -0.366 e. The average Bonchev–Trinajstić information content (AvgIpc) is 2.69. The van der Waals surface area contributed by atoms with Crippen LogP contribution in [0.3, 0.4) is 0 Å². The molecule has 134 valence electrons. The van der Waals surface area contributed by atoms with Crippen LogP contribution >= 0.6 is 0 Å². The maximum Gasteiger partial charge on any atom is 0.255 e. The lowest BCUT2D eigenvalue weighted by Crippen LogP contribution is -2.33. The number of nitrogens with two attached hydrogens (primary N) is 1. The molecule has 0 aliphatic carbocycles. The van der Waals surface area contributed by atoms with Crippen LogP contribution in [0.25, 0.3) is 11.3 Å². The summed E-state index contributed by atoms with van der Waals surface area (Å²) in [5.74, 6) is -0.617. The van der Waals surface area contributed by atoms with Gasteiger partial charge in [0.1, 0.15) is 0 Å². The number of nitrogens with zero attached hydrogens (tertiary/aromatic N) is 1. The Hall–Kier alpha value is -3.67. The molecule has 6 nitrogen and oxygen atoms in total. The van der Waals surface area contributed by atoms with E-state index in [0.29, 0.717) is 29.8 Å². The van der Waals surface area contributed by atoms with Gasteiger partial charge in [0, 0.05) is 29.8 Å². The van der Waals surface area contributed by atoms with Gasteiger partial charge in [-0.05, 0) is 30.3 Å². The highest BCUT2D eigenvalue weighted by Gasteiger charge is 2.23. The molecule has 4 rings (SSSR count). The Morgan fingerprint density at radius 2 is 1.81 bits per heavy atom. The fraction of sp³-hybridized carbons (Fsp3) is 0.0952. The quantitative estimate of drug-likeness (QED) is 0.668. The highest BCUT2D eigenvalue weighted by molar-refractivity contribution is 6.03. The summed E-state index contributed by atoms with van der Waals surface area (Å²) in [4.78, 5) is 28.4. The molecule has 0 spiro atoms. The van der Waals surface area contributed by atoms with Gasteiger partial charge >= 0.3 is 0 Å². The van der Waals surface area contributed by atoms with E-state index in [4.69, 9.17) is 10.7 Å². The van der Waals surface area contributed by atoms with E-state index in [1.54, 1.807) is 24.3 Å². The Kier molecular flexibility index (Phi) is 4.30. The zero-order valence-electron chi connectivity index (χ0n) is 14.5. The molecule has 1 aromatic heterocycles. The highest BCUT2D eigenvalue weighted by Crippen LogP contribution is 2.30.